The summed E-state index contributed by atoms with van der Waals surface area (Å²) in [5, 5.41) is 0. The van der Waals surface area contributed by atoms with Gasteiger partial charge in [-0.15, -0.1) is 0 Å². The van der Waals surface area contributed by atoms with Crippen molar-refractivity contribution in [3.05, 3.63) is 12.3 Å². The Balaban J connectivity index is 4.63. The van der Waals surface area contributed by atoms with Gasteiger partial charge in [0.25, 0.3) is 0 Å². The standard InChI is InChI=1S/C16H33N/c1-7-11-16(14(5)10-4)15(6)17(12-8-2)13-9-3/h14,16H,6-13H2,1-5H3. The van der Waals surface area contributed by atoms with Crippen molar-refractivity contribution in [2.45, 2.75) is 66.7 Å². The van der Waals surface area contributed by atoms with Crippen molar-refractivity contribution in [3.8, 4) is 0 Å². The Morgan fingerprint density at radius 1 is 1.00 bits per heavy atom. The van der Waals surface area contributed by atoms with Crippen LogP contribution in [0.3, 0.4) is 0 Å². The van der Waals surface area contributed by atoms with Crippen molar-refractivity contribution in [3.63, 3.8) is 0 Å². The molecule has 102 valence electrons. The minimum absolute atomic E-state index is 0.683. The molecule has 0 aliphatic rings. The molecule has 0 rings (SSSR count). The second-order valence-corrected chi connectivity index (χ2v) is 5.26. The van der Waals surface area contributed by atoms with Crippen molar-refractivity contribution >= 4 is 0 Å². The van der Waals surface area contributed by atoms with Crippen LogP contribution in [0.4, 0.5) is 0 Å². The van der Waals surface area contributed by atoms with Crippen LogP contribution >= 0.6 is 0 Å². The van der Waals surface area contributed by atoms with Crippen LogP contribution in [0.5, 0.6) is 0 Å². The maximum atomic E-state index is 4.41. The molecule has 0 aliphatic carbocycles. The number of hydrogen-bond acceptors (Lipinski definition) is 1. The van der Waals surface area contributed by atoms with Crippen LogP contribution in [-0.4, -0.2) is 18.0 Å². The van der Waals surface area contributed by atoms with Gasteiger partial charge in [0, 0.05) is 24.7 Å². The molecular weight excluding hydrogens is 206 g/mol. The fourth-order valence-corrected chi connectivity index (χ4v) is 2.55. The summed E-state index contributed by atoms with van der Waals surface area (Å²) in [5.74, 6) is 1.45. The summed E-state index contributed by atoms with van der Waals surface area (Å²) in [6, 6.07) is 0. The summed E-state index contributed by atoms with van der Waals surface area (Å²) >= 11 is 0. The van der Waals surface area contributed by atoms with Gasteiger partial charge in [-0.3, -0.25) is 0 Å². The lowest BCUT2D eigenvalue weighted by atomic mass is 9.85. The number of rotatable bonds is 10. The van der Waals surface area contributed by atoms with Crippen molar-refractivity contribution in [1.82, 2.24) is 4.90 Å². The van der Waals surface area contributed by atoms with Gasteiger partial charge in [-0.1, -0.05) is 54.0 Å². The Bertz CT molecular complexity index is 192. The summed E-state index contributed by atoms with van der Waals surface area (Å²) in [5.41, 5.74) is 1.39. The average molecular weight is 239 g/mol. The van der Waals surface area contributed by atoms with E-state index in [0.29, 0.717) is 5.92 Å². The van der Waals surface area contributed by atoms with Crippen LogP contribution in [0, 0.1) is 11.8 Å². The van der Waals surface area contributed by atoms with E-state index in [1.165, 1.54) is 50.9 Å². The van der Waals surface area contributed by atoms with Gasteiger partial charge in [-0.2, -0.15) is 0 Å². The maximum Gasteiger partial charge on any atom is 0.0172 e. The van der Waals surface area contributed by atoms with Crippen LogP contribution in [0.15, 0.2) is 12.3 Å². The van der Waals surface area contributed by atoms with Gasteiger partial charge in [-0.05, 0) is 25.2 Å². The van der Waals surface area contributed by atoms with Crippen LogP contribution in [-0.2, 0) is 0 Å². The molecule has 2 atom stereocenters. The van der Waals surface area contributed by atoms with Crippen molar-refractivity contribution in [2.24, 2.45) is 11.8 Å². The van der Waals surface area contributed by atoms with Gasteiger partial charge in [0.05, 0.1) is 0 Å². The predicted molar refractivity (Wildman–Crippen MR) is 79.1 cm³/mol. The molecule has 0 aromatic carbocycles. The average Bonchev–Trinajstić information content (AvgIpc) is 2.34. The van der Waals surface area contributed by atoms with Crippen LogP contribution < -0.4 is 0 Å². The molecule has 1 nitrogen and oxygen atoms in total. The molecule has 0 saturated heterocycles. The fraction of sp³-hybridized carbons (Fsp3) is 0.875. The second kappa shape index (κ2) is 9.56. The Morgan fingerprint density at radius 3 is 1.88 bits per heavy atom. The van der Waals surface area contributed by atoms with E-state index in [0.717, 1.165) is 5.92 Å². The van der Waals surface area contributed by atoms with Crippen molar-refractivity contribution in [2.75, 3.05) is 13.1 Å². The third kappa shape index (κ3) is 5.61. The Kier molecular flexibility index (Phi) is 9.30. The zero-order valence-corrected chi connectivity index (χ0v) is 12.8. The van der Waals surface area contributed by atoms with E-state index in [4.69, 9.17) is 0 Å². The first-order valence-corrected chi connectivity index (χ1v) is 7.55. The molecule has 0 aromatic heterocycles. The van der Waals surface area contributed by atoms with Crippen LogP contribution in [0.25, 0.3) is 0 Å². The smallest absolute Gasteiger partial charge is 0.0172 e. The number of nitrogens with zero attached hydrogens (tertiary/aromatic N) is 1. The summed E-state index contributed by atoms with van der Waals surface area (Å²) < 4.78 is 0. The highest BCUT2D eigenvalue weighted by molar-refractivity contribution is 5.01. The lowest BCUT2D eigenvalue weighted by Gasteiger charge is -2.34. The monoisotopic (exact) mass is 239 g/mol. The van der Waals surface area contributed by atoms with E-state index in [-0.39, 0.29) is 0 Å². The number of allylic oxidation sites excluding steroid dienone is 1. The van der Waals surface area contributed by atoms with Gasteiger partial charge in [-0.25, -0.2) is 0 Å². The minimum Gasteiger partial charge on any atom is -0.375 e. The molecule has 0 heterocycles. The molecular formula is C16H33N. The third-order valence-electron chi connectivity index (χ3n) is 3.75. The zero-order chi connectivity index (χ0) is 13.3. The Hall–Kier alpha value is -0.460. The molecule has 17 heavy (non-hydrogen) atoms. The predicted octanol–water partition coefficient (Wildman–Crippen LogP) is 5.08. The zero-order valence-electron chi connectivity index (χ0n) is 12.8. The highest BCUT2D eigenvalue weighted by Crippen LogP contribution is 2.29. The molecule has 0 aromatic rings. The topological polar surface area (TPSA) is 3.24 Å². The largest absolute Gasteiger partial charge is 0.375 e. The lowest BCUT2D eigenvalue weighted by Crippen LogP contribution is -2.30. The second-order valence-electron chi connectivity index (χ2n) is 5.26. The first-order valence-electron chi connectivity index (χ1n) is 7.55. The van der Waals surface area contributed by atoms with Crippen LogP contribution in [0.2, 0.25) is 0 Å². The molecule has 0 radical (unpaired) electrons. The quantitative estimate of drug-likeness (QED) is 0.513. The summed E-state index contributed by atoms with van der Waals surface area (Å²) in [7, 11) is 0. The fourth-order valence-electron chi connectivity index (χ4n) is 2.55. The first-order chi connectivity index (χ1) is 8.12. The van der Waals surface area contributed by atoms with Gasteiger partial charge >= 0.3 is 0 Å². The van der Waals surface area contributed by atoms with E-state index in [1.54, 1.807) is 0 Å². The molecule has 0 saturated carbocycles. The van der Waals surface area contributed by atoms with E-state index < -0.39 is 0 Å². The highest BCUT2D eigenvalue weighted by atomic mass is 15.1. The van der Waals surface area contributed by atoms with E-state index >= 15 is 0 Å². The van der Waals surface area contributed by atoms with Gasteiger partial charge < -0.3 is 4.90 Å². The molecule has 0 aliphatic heterocycles. The number of hydrogen-bond donors (Lipinski definition) is 0. The summed E-state index contributed by atoms with van der Waals surface area (Å²) in [4.78, 5) is 2.52. The molecule has 0 amide bonds. The van der Waals surface area contributed by atoms with E-state index in [1.807, 2.05) is 0 Å². The molecule has 0 bridgehead atoms. The molecule has 2 unspecified atom stereocenters. The Labute approximate surface area is 109 Å². The van der Waals surface area contributed by atoms with Crippen molar-refractivity contribution in [1.29, 1.82) is 0 Å². The summed E-state index contributed by atoms with van der Waals surface area (Å²) in [6.45, 7) is 18.2. The van der Waals surface area contributed by atoms with Crippen LogP contribution in [0.1, 0.15) is 66.7 Å². The molecule has 0 fully saturated rings. The minimum atomic E-state index is 0.683. The van der Waals surface area contributed by atoms with E-state index in [2.05, 4.69) is 46.1 Å². The highest BCUT2D eigenvalue weighted by Gasteiger charge is 2.21. The molecule has 0 spiro atoms. The molecule has 0 N–H and O–H groups in total. The van der Waals surface area contributed by atoms with E-state index in [9.17, 15) is 0 Å². The maximum absolute atomic E-state index is 4.41. The first kappa shape index (κ1) is 16.5. The Morgan fingerprint density at radius 2 is 1.53 bits per heavy atom. The van der Waals surface area contributed by atoms with Crippen molar-refractivity contribution < 1.29 is 0 Å². The van der Waals surface area contributed by atoms with Gasteiger partial charge in [0.15, 0.2) is 0 Å². The lowest BCUT2D eigenvalue weighted by molar-refractivity contribution is 0.252. The third-order valence-corrected chi connectivity index (χ3v) is 3.75. The van der Waals surface area contributed by atoms with Gasteiger partial charge in [0.1, 0.15) is 0 Å². The SMILES string of the molecule is C=C(C(CCC)C(C)CC)N(CCC)CCC. The summed E-state index contributed by atoms with van der Waals surface area (Å²) in [6.07, 6.45) is 6.25. The van der Waals surface area contributed by atoms with Gasteiger partial charge in [0.2, 0.25) is 0 Å². The molecule has 1 heteroatoms. The normalized spacial score (nSPS) is 14.4.